The summed E-state index contributed by atoms with van der Waals surface area (Å²) >= 11 is 0. The molecule has 0 aromatic carbocycles. The van der Waals surface area contributed by atoms with Gasteiger partial charge in [-0.2, -0.15) is 6.42 Å². The SMILES string of the molecule is [Br-].[CH2-]C[C@@H](C)CCCC(C)C.[Mg+2]. The van der Waals surface area contributed by atoms with Gasteiger partial charge in [0.1, 0.15) is 0 Å². The Kier molecular flexibility index (Phi) is 19.3. The predicted molar refractivity (Wildman–Crippen MR) is 53.6 cm³/mol. The quantitative estimate of drug-likeness (QED) is 0.483. The van der Waals surface area contributed by atoms with Gasteiger partial charge < -0.3 is 23.9 Å². The average Bonchev–Trinajstić information content (AvgIpc) is 1.87. The van der Waals surface area contributed by atoms with E-state index < -0.39 is 0 Å². The van der Waals surface area contributed by atoms with Crippen molar-refractivity contribution in [3.8, 4) is 0 Å². The van der Waals surface area contributed by atoms with Crippen LogP contribution in [0.1, 0.15) is 46.5 Å². The van der Waals surface area contributed by atoms with Crippen LogP contribution in [0.15, 0.2) is 0 Å². The first-order chi connectivity index (χ1) is 4.66. The predicted octanol–water partition coefficient (Wildman–Crippen LogP) is 0.296. The molecule has 12 heavy (non-hydrogen) atoms. The van der Waals surface area contributed by atoms with Gasteiger partial charge in [0.2, 0.25) is 0 Å². The van der Waals surface area contributed by atoms with Crippen LogP contribution in [0.3, 0.4) is 0 Å². The second-order valence-corrected chi connectivity index (χ2v) is 3.72. The molecule has 0 aliphatic heterocycles. The van der Waals surface area contributed by atoms with Crippen LogP contribution in [0, 0.1) is 18.8 Å². The van der Waals surface area contributed by atoms with Crippen LogP contribution in [0.25, 0.3) is 0 Å². The maximum Gasteiger partial charge on any atom is 2.00 e. The Labute approximate surface area is 105 Å². The third-order valence-electron chi connectivity index (χ3n) is 1.97. The summed E-state index contributed by atoms with van der Waals surface area (Å²) in [6, 6.07) is 0. The Balaban J connectivity index is -0.000000405. The van der Waals surface area contributed by atoms with E-state index in [-0.39, 0.29) is 40.0 Å². The molecule has 0 spiro atoms. The molecule has 0 rings (SSSR count). The minimum atomic E-state index is 0. The summed E-state index contributed by atoms with van der Waals surface area (Å²) < 4.78 is 0. The molecule has 0 fully saturated rings. The van der Waals surface area contributed by atoms with Gasteiger partial charge in [-0.3, -0.25) is 0 Å². The topological polar surface area (TPSA) is 0 Å². The van der Waals surface area contributed by atoms with Crippen LogP contribution < -0.4 is 17.0 Å². The average molecular weight is 245 g/mol. The van der Waals surface area contributed by atoms with E-state index in [2.05, 4.69) is 27.7 Å². The number of hydrogen-bond donors (Lipinski definition) is 0. The Hall–Kier alpha value is 1.25. The first-order valence-electron chi connectivity index (χ1n) is 4.46. The minimum Gasteiger partial charge on any atom is -1.00 e. The first kappa shape index (κ1) is 18.9. The van der Waals surface area contributed by atoms with Gasteiger partial charge in [0.15, 0.2) is 0 Å². The van der Waals surface area contributed by atoms with Crippen molar-refractivity contribution >= 4 is 23.1 Å². The van der Waals surface area contributed by atoms with E-state index >= 15 is 0 Å². The van der Waals surface area contributed by atoms with E-state index in [0.29, 0.717) is 0 Å². The molecule has 0 saturated heterocycles. The van der Waals surface area contributed by atoms with E-state index in [1.165, 1.54) is 19.3 Å². The van der Waals surface area contributed by atoms with Gasteiger partial charge in [0.05, 0.1) is 0 Å². The molecule has 70 valence electrons. The molecule has 0 aromatic heterocycles. The van der Waals surface area contributed by atoms with E-state index in [0.717, 1.165) is 18.3 Å². The van der Waals surface area contributed by atoms with Crippen molar-refractivity contribution in [2.75, 3.05) is 0 Å². The maximum absolute atomic E-state index is 3.88. The van der Waals surface area contributed by atoms with Gasteiger partial charge in [-0.1, -0.05) is 46.0 Å². The monoisotopic (exact) mass is 244 g/mol. The van der Waals surface area contributed by atoms with Crippen LogP contribution >= 0.6 is 0 Å². The molecule has 0 radical (unpaired) electrons. The van der Waals surface area contributed by atoms with Crippen molar-refractivity contribution in [2.24, 2.45) is 11.8 Å². The van der Waals surface area contributed by atoms with Crippen molar-refractivity contribution in [1.82, 2.24) is 0 Å². The second kappa shape index (κ2) is 12.2. The first-order valence-corrected chi connectivity index (χ1v) is 4.46. The van der Waals surface area contributed by atoms with Gasteiger partial charge in [-0.05, 0) is 5.92 Å². The molecule has 0 aromatic rings. The molecule has 0 aliphatic carbocycles. The van der Waals surface area contributed by atoms with Crippen LogP contribution in [0.5, 0.6) is 0 Å². The van der Waals surface area contributed by atoms with Crippen molar-refractivity contribution < 1.29 is 17.0 Å². The van der Waals surface area contributed by atoms with Gasteiger partial charge in [-0.15, -0.1) is 0 Å². The Morgan fingerprint density at radius 1 is 1.08 bits per heavy atom. The summed E-state index contributed by atoms with van der Waals surface area (Å²) in [6.07, 6.45) is 5.22. The van der Waals surface area contributed by atoms with Crippen molar-refractivity contribution in [1.29, 1.82) is 0 Å². The van der Waals surface area contributed by atoms with Gasteiger partial charge in [-0.25, -0.2) is 0 Å². The molecule has 0 aliphatic rings. The standard InChI is InChI=1S/C10H21.BrH.Mg/c1-5-10(4)8-6-7-9(2)3;;/h9-10H,1,5-8H2,2-4H3;1H;/q-1;;+2/p-1/t10-;;/m1../s1. The van der Waals surface area contributed by atoms with Crippen molar-refractivity contribution in [3.05, 3.63) is 6.92 Å². The van der Waals surface area contributed by atoms with E-state index in [1.54, 1.807) is 0 Å². The smallest absolute Gasteiger partial charge is 1.00 e. The molecular weight excluding hydrogens is 224 g/mol. The van der Waals surface area contributed by atoms with E-state index in [4.69, 9.17) is 0 Å². The van der Waals surface area contributed by atoms with Gasteiger partial charge in [0, 0.05) is 0 Å². The number of hydrogen-bond acceptors (Lipinski definition) is 0. The number of rotatable bonds is 5. The summed E-state index contributed by atoms with van der Waals surface area (Å²) in [5, 5.41) is 0. The third-order valence-corrected chi connectivity index (χ3v) is 1.97. The second-order valence-electron chi connectivity index (χ2n) is 3.72. The normalized spacial score (nSPS) is 11.8. The fourth-order valence-electron chi connectivity index (χ4n) is 1.02. The summed E-state index contributed by atoms with van der Waals surface area (Å²) in [5.74, 6) is 1.70. The fraction of sp³-hybridized carbons (Fsp3) is 0.900. The third kappa shape index (κ3) is 13.8. The summed E-state index contributed by atoms with van der Waals surface area (Å²) in [6.45, 7) is 10.7. The van der Waals surface area contributed by atoms with Gasteiger partial charge >= 0.3 is 23.1 Å². The fourth-order valence-corrected chi connectivity index (χ4v) is 1.02. The molecule has 0 bridgehead atoms. The summed E-state index contributed by atoms with van der Waals surface area (Å²) in [4.78, 5) is 0. The zero-order chi connectivity index (χ0) is 7.98. The van der Waals surface area contributed by atoms with Crippen LogP contribution in [0.2, 0.25) is 0 Å². The Morgan fingerprint density at radius 3 is 1.92 bits per heavy atom. The van der Waals surface area contributed by atoms with Crippen LogP contribution in [-0.4, -0.2) is 23.1 Å². The van der Waals surface area contributed by atoms with Crippen LogP contribution in [-0.2, 0) is 0 Å². The molecule has 0 unspecified atom stereocenters. The van der Waals surface area contributed by atoms with E-state index in [1.807, 2.05) is 0 Å². The molecule has 0 nitrogen and oxygen atoms in total. The van der Waals surface area contributed by atoms with Crippen molar-refractivity contribution in [3.63, 3.8) is 0 Å². The molecule has 2 heteroatoms. The zero-order valence-corrected chi connectivity index (χ0v) is 11.8. The molecule has 1 atom stereocenters. The number of halogens is 1. The maximum atomic E-state index is 3.88. The molecule has 0 amide bonds. The molecule has 0 heterocycles. The largest absolute Gasteiger partial charge is 2.00 e. The molecular formula is C10H21BrMg. The minimum absolute atomic E-state index is 0. The van der Waals surface area contributed by atoms with E-state index in [9.17, 15) is 0 Å². The zero-order valence-electron chi connectivity index (χ0n) is 8.78. The Morgan fingerprint density at radius 2 is 1.58 bits per heavy atom. The molecule has 0 N–H and O–H groups in total. The Bertz CT molecular complexity index is 74.2. The summed E-state index contributed by atoms with van der Waals surface area (Å²) in [7, 11) is 0. The van der Waals surface area contributed by atoms with Gasteiger partial charge in [0.25, 0.3) is 0 Å². The summed E-state index contributed by atoms with van der Waals surface area (Å²) in [5.41, 5.74) is 0. The molecule has 0 saturated carbocycles. The van der Waals surface area contributed by atoms with Crippen molar-refractivity contribution in [2.45, 2.75) is 46.5 Å². The van der Waals surface area contributed by atoms with Crippen LogP contribution in [0.4, 0.5) is 0 Å².